The van der Waals surface area contributed by atoms with Crippen molar-refractivity contribution in [2.45, 2.75) is 13.1 Å². The van der Waals surface area contributed by atoms with Crippen molar-refractivity contribution in [2.75, 3.05) is 21.2 Å². The van der Waals surface area contributed by atoms with Crippen LogP contribution in [0.15, 0.2) is 5.10 Å². The van der Waals surface area contributed by atoms with Crippen molar-refractivity contribution >= 4 is 6.02 Å². The third kappa shape index (κ3) is 0.894. The summed E-state index contributed by atoms with van der Waals surface area (Å²) in [5.74, 6) is 0. The first kappa shape index (κ1) is 7.18. The highest BCUT2D eigenvalue weighted by molar-refractivity contribution is 5.74. The molecule has 1 aliphatic rings. The molecule has 0 aromatic carbocycles. The van der Waals surface area contributed by atoms with E-state index in [0.29, 0.717) is 12.2 Å². The molecule has 0 amide bonds. The molecule has 1 heterocycles. The number of hydrogen-bond acceptors (Lipinski definition) is 4. The molecule has 0 aliphatic carbocycles. The number of hydrogen-bond donors (Lipinski definition) is 0. The monoisotopic (exact) mass is 143 g/mol. The Labute approximate surface area is 61.1 Å². The van der Waals surface area contributed by atoms with Crippen molar-refractivity contribution < 1.29 is 4.74 Å². The number of hydrazone groups is 1. The molecule has 0 N–H and O–H groups in total. The van der Waals surface area contributed by atoms with Crippen LogP contribution in [0, 0.1) is 0 Å². The number of nitrogens with zero attached hydrogens (tertiary/aromatic N) is 3. The van der Waals surface area contributed by atoms with Gasteiger partial charge in [0, 0.05) is 14.1 Å². The van der Waals surface area contributed by atoms with Crippen molar-refractivity contribution in [2.24, 2.45) is 5.10 Å². The Morgan fingerprint density at radius 2 is 2.10 bits per heavy atom. The van der Waals surface area contributed by atoms with E-state index in [-0.39, 0.29) is 0 Å². The first-order valence-electron chi connectivity index (χ1n) is 3.25. The highest BCUT2D eigenvalue weighted by atomic mass is 16.5. The minimum Gasteiger partial charge on any atom is -0.467 e. The minimum absolute atomic E-state index is 0.301. The lowest BCUT2D eigenvalue weighted by atomic mass is 10.5. The Balaban J connectivity index is 2.68. The first-order chi connectivity index (χ1) is 4.66. The van der Waals surface area contributed by atoms with Crippen LogP contribution in [0.5, 0.6) is 0 Å². The molecule has 0 radical (unpaired) electrons. The third-order valence-corrected chi connectivity index (χ3v) is 1.83. The molecule has 1 unspecified atom stereocenters. The molecule has 1 atom stereocenters. The fraction of sp³-hybridized carbons (Fsp3) is 0.833. The zero-order valence-electron chi connectivity index (χ0n) is 6.83. The maximum atomic E-state index is 5.00. The molecule has 0 aromatic heterocycles. The van der Waals surface area contributed by atoms with Gasteiger partial charge in [0.05, 0.1) is 7.11 Å². The van der Waals surface area contributed by atoms with Crippen LogP contribution in [0.1, 0.15) is 6.92 Å². The van der Waals surface area contributed by atoms with Gasteiger partial charge in [-0.15, -0.1) is 5.10 Å². The van der Waals surface area contributed by atoms with Gasteiger partial charge in [-0.2, -0.15) is 0 Å². The second-order valence-electron chi connectivity index (χ2n) is 2.40. The third-order valence-electron chi connectivity index (χ3n) is 1.83. The topological polar surface area (TPSA) is 28.1 Å². The molecule has 0 fully saturated rings. The van der Waals surface area contributed by atoms with E-state index in [1.807, 2.05) is 24.0 Å². The molecular formula is C6H13N3O. The Morgan fingerprint density at radius 1 is 1.50 bits per heavy atom. The Hall–Kier alpha value is -0.930. The van der Waals surface area contributed by atoms with Crippen LogP contribution < -0.4 is 0 Å². The van der Waals surface area contributed by atoms with E-state index < -0.39 is 0 Å². The summed E-state index contributed by atoms with van der Waals surface area (Å²) in [6, 6.07) is 0.676. The van der Waals surface area contributed by atoms with Crippen LogP contribution >= 0.6 is 0 Å². The van der Waals surface area contributed by atoms with Crippen LogP contribution in [0.4, 0.5) is 0 Å². The van der Waals surface area contributed by atoms with Gasteiger partial charge < -0.3 is 9.64 Å². The van der Waals surface area contributed by atoms with E-state index in [4.69, 9.17) is 4.74 Å². The number of methoxy groups -OCH3 is 1. The molecular weight excluding hydrogens is 130 g/mol. The molecule has 0 spiro atoms. The maximum Gasteiger partial charge on any atom is 0.310 e. The van der Waals surface area contributed by atoms with E-state index >= 15 is 0 Å². The molecule has 58 valence electrons. The van der Waals surface area contributed by atoms with Crippen LogP contribution in [0.2, 0.25) is 0 Å². The summed E-state index contributed by atoms with van der Waals surface area (Å²) >= 11 is 0. The normalized spacial score (nSPS) is 25.2. The zero-order valence-corrected chi connectivity index (χ0v) is 6.83. The van der Waals surface area contributed by atoms with Gasteiger partial charge in [0.2, 0.25) is 0 Å². The number of amidine groups is 1. The van der Waals surface area contributed by atoms with E-state index in [2.05, 4.69) is 12.0 Å². The predicted octanol–water partition coefficient (Wildman–Crippen LogP) is 0.127. The van der Waals surface area contributed by atoms with Crippen molar-refractivity contribution in [1.82, 2.24) is 9.91 Å². The lowest BCUT2D eigenvalue weighted by Crippen LogP contribution is -2.35. The Bertz CT molecular complexity index is 157. The molecule has 10 heavy (non-hydrogen) atoms. The summed E-state index contributed by atoms with van der Waals surface area (Å²) in [5.41, 5.74) is 0. The van der Waals surface area contributed by atoms with Crippen LogP contribution in [-0.4, -0.2) is 43.3 Å². The second-order valence-corrected chi connectivity index (χ2v) is 2.40. The van der Waals surface area contributed by atoms with Crippen molar-refractivity contribution in [3.63, 3.8) is 0 Å². The highest BCUT2D eigenvalue weighted by Crippen LogP contribution is 2.11. The summed E-state index contributed by atoms with van der Waals surface area (Å²) in [5, 5.41) is 5.98. The van der Waals surface area contributed by atoms with Gasteiger partial charge >= 0.3 is 6.02 Å². The number of rotatable bonds is 0. The van der Waals surface area contributed by atoms with Gasteiger partial charge in [-0.3, -0.25) is 5.01 Å². The van der Waals surface area contributed by atoms with Gasteiger partial charge in [-0.05, 0) is 6.92 Å². The summed E-state index contributed by atoms with van der Waals surface area (Å²) in [6.45, 7) is 2.06. The SMILES string of the molecule is COC1=NN(C)C(C)N1C. The summed E-state index contributed by atoms with van der Waals surface area (Å²) in [6.07, 6.45) is 0.301. The maximum absolute atomic E-state index is 5.00. The van der Waals surface area contributed by atoms with Crippen LogP contribution in [0.3, 0.4) is 0 Å². The number of ether oxygens (including phenoxy) is 1. The highest BCUT2D eigenvalue weighted by Gasteiger charge is 2.24. The van der Waals surface area contributed by atoms with Crippen molar-refractivity contribution in [3.8, 4) is 0 Å². The van der Waals surface area contributed by atoms with Crippen molar-refractivity contribution in [3.05, 3.63) is 0 Å². The van der Waals surface area contributed by atoms with E-state index in [0.717, 1.165) is 0 Å². The van der Waals surface area contributed by atoms with Crippen molar-refractivity contribution in [1.29, 1.82) is 0 Å². The Morgan fingerprint density at radius 3 is 2.30 bits per heavy atom. The van der Waals surface area contributed by atoms with E-state index in [1.165, 1.54) is 0 Å². The smallest absolute Gasteiger partial charge is 0.310 e. The summed E-state index contributed by atoms with van der Waals surface area (Å²) in [7, 11) is 5.50. The molecule has 0 saturated heterocycles. The van der Waals surface area contributed by atoms with Crippen LogP contribution in [-0.2, 0) is 4.74 Å². The second kappa shape index (κ2) is 2.36. The quantitative estimate of drug-likeness (QED) is 0.482. The van der Waals surface area contributed by atoms with Gasteiger partial charge in [-0.1, -0.05) is 0 Å². The molecule has 0 bridgehead atoms. The first-order valence-corrected chi connectivity index (χ1v) is 3.25. The lowest BCUT2D eigenvalue weighted by molar-refractivity contribution is 0.188. The average Bonchev–Trinajstić information content (AvgIpc) is 2.17. The fourth-order valence-electron chi connectivity index (χ4n) is 0.884. The van der Waals surface area contributed by atoms with Gasteiger partial charge in [0.1, 0.15) is 6.17 Å². The summed E-state index contributed by atoms with van der Waals surface area (Å²) in [4.78, 5) is 1.97. The van der Waals surface area contributed by atoms with E-state index in [9.17, 15) is 0 Å². The molecule has 1 rings (SSSR count). The van der Waals surface area contributed by atoms with Crippen LogP contribution in [0.25, 0.3) is 0 Å². The molecule has 0 saturated carbocycles. The molecule has 4 nitrogen and oxygen atoms in total. The lowest BCUT2D eigenvalue weighted by Gasteiger charge is -2.20. The molecule has 4 heteroatoms. The standard InChI is InChI=1S/C6H13N3O/c1-5-8(2)6(10-4)7-9(5)3/h5H,1-4H3. The predicted molar refractivity (Wildman–Crippen MR) is 39.4 cm³/mol. The largest absolute Gasteiger partial charge is 0.467 e. The van der Waals surface area contributed by atoms with Gasteiger partial charge in [-0.25, -0.2) is 0 Å². The summed E-state index contributed by atoms with van der Waals surface area (Å²) < 4.78 is 5.00. The average molecular weight is 143 g/mol. The Kier molecular flexibility index (Phi) is 1.70. The van der Waals surface area contributed by atoms with E-state index in [1.54, 1.807) is 7.11 Å². The zero-order chi connectivity index (χ0) is 7.72. The fourth-order valence-corrected chi connectivity index (χ4v) is 0.884. The molecule has 1 aliphatic heterocycles. The van der Waals surface area contributed by atoms with Gasteiger partial charge in [0.15, 0.2) is 0 Å². The minimum atomic E-state index is 0.301. The van der Waals surface area contributed by atoms with Gasteiger partial charge in [0.25, 0.3) is 0 Å². The molecule has 0 aromatic rings.